The molecule has 0 aromatic carbocycles. The molecule has 2 amide bonds. The number of nitrogens with zero attached hydrogens (tertiary/aromatic N) is 3. The van der Waals surface area contributed by atoms with E-state index in [4.69, 9.17) is 10.3 Å². The maximum atomic E-state index is 13.3. The summed E-state index contributed by atoms with van der Waals surface area (Å²) in [6.07, 6.45) is -0.941. The topological polar surface area (TPSA) is 139 Å². The van der Waals surface area contributed by atoms with E-state index >= 15 is 0 Å². The predicted octanol–water partition coefficient (Wildman–Crippen LogP) is 0.291. The van der Waals surface area contributed by atoms with Crippen molar-refractivity contribution in [1.29, 1.82) is 0 Å². The highest BCUT2D eigenvalue weighted by atomic mass is 32.2. The normalized spacial score (nSPS) is 18.0. The van der Waals surface area contributed by atoms with E-state index in [2.05, 4.69) is 10.5 Å². The molecule has 0 saturated carbocycles. The quantitative estimate of drug-likeness (QED) is 0.657. The van der Waals surface area contributed by atoms with E-state index in [0.29, 0.717) is 17.9 Å². The first-order valence-corrected chi connectivity index (χ1v) is 11.4. The molecule has 1 saturated heterocycles. The molecule has 0 aliphatic carbocycles. The molecular weight excluding hydrogens is 418 g/mol. The Morgan fingerprint density at radius 1 is 1.38 bits per heavy atom. The van der Waals surface area contributed by atoms with Crippen LogP contribution in [0.4, 0.5) is 0 Å². The van der Waals surface area contributed by atoms with Gasteiger partial charge >= 0.3 is 0 Å². The summed E-state index contributed by atoms with van der Waals surface area (Å²) in [6.45, 7) is 3.91. The van der Waals surface area contributed by atoms with Crippen LogP contribution in [0.25, 0.3) is 0 Å². The summed E-state index contributed by atoms with van der Waals surface area (Å²) in [4.78, 5) is 27.4. The van der Waals surface area contributed by atoms with Crippen LogP contribution in [0, 0.1) is 13.8 Å². The third kappa shape index (κ3) is 4.06. The van der Waals surface area contributed by atoms with Crippen molar-refractivity contribution in [3.05, 3.63) is 34.5 Å². The van der Waals surface area contributed by atoms with Crippen molar-refractivity contribution in [2.75, 3.05) is 26.2 Å². The fourth-order valence-electron chi connectivity index (χ4n) is 3.28. The molecule has 1 fully saturated rings. The van der Waals surface area contributed by atoms with Gasteiger partial charge in [0, 0.05) is 26.2 Å². The minimum absolute atomic E-state index is 0.112. The van der Waals surface area contributed by atoms with Gasteiger partial charge in [-0.05, 0) is 31.7 Å². The van der Waals surface area contributed by atoms with Gasteiger partial charge in [-0.2, -0.15) is 4.31 Å². The Hall–Kier alpha value is -2.28. The molecule has 3 heterocycles. The Bertz CT molecular complexity index is 967. The summed E-state index contributed by atoms with van der Waals surface area (Å²) >= 11 is 1.06. The van der Waals surface area contributed by atoms with Crippen LogP contribution in [-0.4, -0.2) is 66.9 Å². The SMILES string of the molecule is Cc1noc(C)c1C(=O)N1CCCN(S(=O)(=O)c2cccs2)C1C(=O)NCCN. The first-order valence-electron chi connectivity index (χ1n) is 9.06. The van der Waals surface area contributed by atoms with Gasteiger partial charge in [-0.1, -0.05) is 11.2 Å². The zero-order chi connectivity index (χ0) is 21.2. The van der Waals surface area contributed by atoms with E-state index in [1.165, 1.54) is 11.0 Å². The van der Waals surface area contributed by atoms with Crippen molar-refractivity contribution in [3.63, 3.8) is 0 Å². The van der Waals surface area contributed by atoms with Gasteiger partial charge in [-0.15, -0.1) is 11.3 Å². The van der Waals surface area contributed by atoms with Gasteiger partial charge in [-0.25, -0.2) is 8.42 Å². The van der Waals surface area contributed by atoms with E-state index in [-0.39, 0.29) is 36.0 Å². The fourth-order valence-corrected chi connectivity index (χ4v) is 5.99. The second-order valence-electron chi connectivity index (χ2n) is 6.55. The number of rotatable bonds is 6. The molecule has 0 bridgehead atoms. The van der Waals surface area contributed by atoms with Crippen LogP contribution < -0.4 is 11.1 Å². The molecule has 158 valence electrons. The van der Waals surface area contributed by atoms with Crippen LogP contribution >= 0.6 is 11.3 Å². The zero-order valence-corrected chi connectivity index (χ0v) is 17.8. The third-order valence-corrected chi connectivity index (χ3v) is 7.82. The van der Waals surface area contributed by atoms with E-state index in [0.717, 1.165) is 15.6 Å². The lowest BCUT2D eigenvalue weighted by Gasteiger charge is -2.41. The summed E-state index contributed by atoms with van der Waals surface area (Å²) in [7, 11) is -3.97. The van der Waals surface area contributed by atoms with Gasteiger partial charge in [0.1, 0.15) is 15.5 Å². The average molecular weight is 442 g/mol. The first-order chi connectivity index (χ1) is 13.8. The van der Waals surface area contributed by atoms with Gasteiger partial charge < -0.3 is 20.5 Å². The lowest BCUT2D eigenvalue weighted by molar-refractivity contribution is -0.130. The number of nitrogens with two attached hydrogens (primary N) is 1. The van der Waals surface area contributed by atoms with Crippen LogP contribution in [-0.2, 0) is 14.8 Å². The van der Waals surface area contributed by atoms with E-state index in [1.807, 2.05) is 0 Å². The number of carbonyl (C=O) groups is 2. The number of hydrogen-bond donors (Lipinski definition) is 2. The minimum Gasteiger partial charge on any atom is -0.361 e. The number of nitrogens with one attached hydrogen (secondary N) is 1. The lowest BCUT2D eigenvalue weighted by atomic mass is 10.1. The van der Waals surface area contributed by atoms with Crippen LogP contribution in [0.2, 0.25) is 0 Å². The molecule has 1 aliphatic heterocycles. The Morgan fingerprint density at radius 2 is 2.14 bits per heavy atom. The highest BCUT2D eigenvalue weighted by Gasteiger charge is 2.45. The fraction of sp³-hybridized carbons (Fsp3) is 0.471. The molecule has 0 spiro atoms. The largest absolute Gasteiger partial charge is 0.361 e. The van der Waals surface area contributed by atoms with Gasteiger partial charge in [0.25, 0.3) is 21.8 Å². The average Bonchev–Trinajstić information content (AvgIpc) is 3.35. The summed E-state index contributed by atoms with van der Waals surface area (Å²) in [6, 6.07) is 3.10. The summed E-state index contributed by atoms with van der Waals surface area (Å²) in [5.74, 6) is -0.789. The lowest BCUT2D eigenvalue weighted by Crippen LogP contribution is -2.63. The highest BCUT2D eigenvalue weighted by molar-refractivity contribution is 7.91. The van der Waals surface area contributed by atoms with E-state index in [1.54, 1.807) is 25.3 Å². The van der Waals surface area contributed by atoms with Gasteiger partial charge in [0.15, 0.2) is 6.17 Å². The number of aromatic nitrogens is 1. The molecule has 3 rings (SSSR count). The second-order valence-corrected chi connectivity index (χ2v) is 9.62. The molecule has 29 heavy (non-hydrogen) atoms. The summed E-state index contributed by atoms with van der Waals surface area (Å²) in [5.41, 5.74) is 6.08. The Morgan fingerprint density at radius 3 is 2.72 bits per heavy atom. The number of hydrogen-bond acceptors (Lipinski definition) is 8. The van der Waals surface area contributed by atoms with Crippen LogP contribution in [0.3, 0.4) is 0 Å². The molecule has 10 nitrogen and oxygen atoms in total. The molecule has 3 N–H and O–H groups in total. The molecule has 12 heteroatoms. The highest BCUT2D eigenvalue weighted by Crippen LogP contribution is 2.28. The molecule has 1 aliphatic rings. The van der Waals surface area contributed by atoms with Crippen molar-refractivity contribution in [2.45, 2.75) is 30.6 Å². The third-order valence-electron chi connectivity index (χ3n) is 4.59. The number of amides is 2. The van der Waals surface area contributed by atoms with Crippen LogP contribution in [0.1, 0.15) is 28.2 Å². The molecule has 2 aromatic heterocycles. The van der Waals surface area contributed by atoms with Crippen molar-refractivity contribution < 1.29 is 22.5 Å². The maximum absolute atomic E-state index is 13.3. The standard InChI is InChI=1S/C17H23N5O5S2/c1-11-14(12(2)27-20-11)17(24)21-8-4-9-22(16(21)15(23)19-7-6-18)29(25,26)13-5-3-10-28-13/h3,5,10,16H,4,6-9,18H2,1-2H3,(H,19,23). The van der Waals surface area contributed by atoms with Crippen LogP contribution in [0.5, 0.6) is 0 Å². The van der Waals surface area contributed by atoms with Gasteiger partial charge in [0.05, 0.1) is 5.69 Å². The monoisotopic (exact) mass is 441 g/mol. The van der Waals surface area contributed by atoms with E-state index < -0.39 is 28.0 Å². The minimum atomic E-state index is -3.97. The summed E-state index contributed by atoms with van der Waals surface area (Å²) < 4.78 is 32.6. The second kappa shape index (κ2) is 8.61. The predicted molar refractivity (Wildman–Crippen MR) is 106 cm³/mol. The molecular formula is C17H23N5O5S2. The van der Waals surface area contributed by atoms with Gasteiger partial charge in [0.2, 0.25) is 0 Å². The Labute approximate surface area is 172 Å². The molecule has 1 unspecified atom stereocenters. The maximum Gasteiger partial charge on any atom is 0.261 e. The molecule has 1 atom stereocenters. The van der Waals surface area contributed by atoms with E-state index in [9.17, 15) is 18.0 Å². The number of carbonyl (C=O) groups excluding carboxylic acids is 2. The van der Waals surface area contributed by atoms with Crippen molar-refractivity contribution in [2.24, 2.45) is 5.73 Å². The van der Waals surface area contributed by atoms with Crippen molar-refractivity contribution in [1.82, 2.24) is 19.7 Å². The number of aryl methyl sites for hydroxylation is 2. The first kappa shape index (κ1) is 21.4. The number of thiophene rings is 1. The molecule has 2 aromatic rings. The summed E-state index contributed by atoms with van der Waals surface area (Å²) in [5, 5.41) is 8.05. The van der Waals surface area contributed by atoms with Crippen LogP contribution in [0.15, 0.2) is 26.2 Å². The zero-order valence-electron chi connectivity index (χ0n) is 16.1. The van der Waals surface area contributed by atoms with Crippen molar-refractivity contribution in [3.8, 4) is 0 Å². The Balaban J connectivity index is 2.03. The van der Waals surface area contributed by atoms with Crippen molar-refractivity contribution >= 4 is 33.2 Å². The smallest absolute Gasteiger partial charge is 0.261 e. The molecule has 0 radical (unpaired) electrons. The Kier molecular flexibility index (Phi) is 6.36. The van der Waals surface area contributed by atoms with Gasteiger partial charge in [-0.3, -0.25) is 9.59 Å². The number of sulfonamides is 1.